The first-order chi connectivity index (χ1) is 8.83. The number of hydrogen-bond donors (Lipinski definition) is 1. The predicted octanol–water partition coefficient (Wildman–Crippen LogP) is 2.46. The number of likely N-dealkylation sites (tertiary alicyclic amines) is 1. The third-order valence-electron chi connectivity index (χ3n) is 3.38. The zero-order chi connectivity index (χ0) is 12.4. The number of rotatable bonds is 3. The van der Waals surface area contributed by atoms with Crippen LogP contribution in [-0.2, 0) is 6.54 Å². The van der Waals surface area contributed by atoms with Gasteiger partial charge in [-0.25, -0.2) is 4.98 Å². The minimum Gasteiger partial charge on any atom is -0.375 e. The van der Waals surface area contributed by atoms with Gasteiger partial charge in [0.05, 0.1) is 11.7 Å². The van der Waals surface area contributed by atoms with Crippen LogP contribution in [0.1, 0.15) is 30.1 Å². The lowest BCUT2D eigenvalue weighted by Gasteiger charge is -2.22. The lowest BCUT2D eigenvalue weighted by molar-refractivity contribution is 0.245. The molecule has 1 aliphatic heterocycles. The smallest absolute Gasteiger partial charge is 0.180 e. The molecule has 1 fully saturated rings. The van der Waals surface area contributed by atoms with E-state index in [-0.39, 0.29) is 0 Å². The van der Waals surface area contributed by atoms with E-state index in [1.54, 1.807) is 0 Å². The fourth-order valence-electron chi connectivity index (χ4n) is 2.53. The highest BCUT2D eigenvalue weighted by Crippen LogP contribution is 2.33. The Hall–Kier alpha value is -1.46. The van der Waals surface area contributed by atoms with Crippen molar-refractivity contribution >= 4 is 16.5 Å². The average Bonchev–Trinajstić information content (AvgIpc) is 2.99. The second-order valence-electron chi connectivity index (χ2n) is 4.59. The van der Waals surface area contributed by atoms with Gasteiger partial charge in [-0.2, -0.15) is 0 Å². The van der Waals surface area contributed by atoms with E-state index in [2.05, 4.69) is 32.4 Å². The molecule has 1 aliphatic rings. The summed E-state index contributed by atoms with van der Waals surface area (Å²) in [6, 6.07) is 4.57. The van der Waals surface area contributed by atoms with Crippen molar-refractivity contribution in [1.82, 2.24) is 14.9 Å². The number of nitrogens with zero attached hydrogens (tertiary/aromatic N) is 3. The van der Waals surface area contributed by atoms with E-state index in [1.165, 1.54) is 29.7 Å². The van der Waals surface area contributed by atoms with Gasteiger partial charge >= 0.3 is 0 Å². The molecule has 2 N–H and O–H groups in total. The quantitative estimate of drug-likeness (QED) is 0.921. The summed E-state index contributed by atoms with van der Waals surface area (Å²) in [5.74, 6) is 0. The van der Waals surface area contributed by atoms with Crippen LogP contribution in [-0.4, -0.2) is 21.4 Å². The molecule has 0 spiro atoms. The molecule has 3 rings (SSSR count). The molecule has 3 heterocycles. The van der Waals surface area contributed by atoms with E-state index < -0.39 is 0 Å². The van der Waals surface area contributed by atoms with Crippen LogP contribution in [0.2, 0.25) is 0 Å². The fraction of sp³-hybridized carbons (Fsp3) is 0.385. The average molecular weight is 260 g/mol. The molecule has 0 saturated carbocycles. The molecule has 5 heteroatoms. The number of thiazole rings is 1. The molecule has 2 aromatic heterocycles. The standard InChI is InChI=1S/C13H16N4S/c14-13-16-11(9-18-13)12-2-1-7-17(12)8-10-3-5-15-6-4-10/h3-6,9,12H,1-2,7-8H2,(H2,14,16)/t12-/m1/s1. The highest BCUT2D eigenvalue weighted by atomic mass is 32.1. The maximum Gasteiger partial charge on any atom is 0.180 e. The minimum absolute atomic E-state index is 0.423. The first-order valence-corrected chi connectivity index (χ1v) is 7.05. The van der Waals surface area contributed by atoms with Gasteiger partial charge in [0.25, 0.3) is 0 Å². The molecular weight excluding hydrogens is 244 g/mol. The Morgan fingerprint density at radius 2 is 2.22 bits per heavy atom. The van der Waals surface area contributed by atoms with Crippen LogP contribution in [0.3, 0.4) is 0 Å². The van der Waals surface area contributed by atoms with Crippen LogP contribution in [0.5, 0.6) is 0 Å². The predicted molar refractivity (Wildman–Crippen MR) is 73.1 cm³/mol. The second-order valence-corrected chi connectivity index (χ2v) is 5.48. The van der Waals surface area contributed by atoms with Crippen molar-refractivity contribution in [3.8, 4) is 0 Å². The molecule has 18 heavy (non-hydrogen) atoms. The maximum atomic E-state index is 5.72. The van der Waals surface area contributed by atoms with Crippen LogP contribution in [0.15, 0.2) is 29.9 Å². The molecule has 2 aromatic rings. The topological polar surface area (TPSA) is 55.0 Å². The lowest BCUT2D eigenvalue weighted by atomic mass is 10.1. The molecule has 0 amide bonds. The van der Waals surface area contributed by atoms with Crippen LogP contribution in [0.25, 0.3) is 0 Å². The normalized spacial score (nSPS) is 20.3. The summed E-state index contributed by atoms with van der Waals surface area (Å²) in [5, 5.41) is 2.76. The van der Waals surface area contributed by atoms with E-state index in [9.17, 15) is 0 Å². The summed E-state index contributed by atoms with van der Waals surface area (Å²) in [5.41, 5.74) is 8.16. The van der Waals surface area contributed by atoms with Crippen molar-refractivity contribution < 1.29 is 0 Å². The third kappa shape index (κ3) is 2.37. The monoisotopic (exact) mass is 260 g/mol. The SMILES string of the molecule is Nc1nc([C@H]2CCCN2Cc2ccncc2)cs1. The second kappa shape index (κ2) is 5.04. The van der Waals surface area contributed by atoms with Crippen molar-refractivity contribution in [2.45, 2.75) is 25.4 Å². The first kappa shape index (κ1) is 11.6. The van der Waals surface area contributed by atoms with Crippen LogP contribution < -0.4 is 5.73 Å². The van der Waals surface area contributed by atoms with Crippen molar-refractivity contribution in [1.29, 1.82) is 0 Å². The highest BCUT2D eigenvalue weighted by molar-refractivity contribution is 7.13. The number of pyridine rings is 1. The van der Waals surface area contributed by atoms with Gasteiger partial charge in [0.15, 0.2) is 5.13 Å². The number of anilines is 1. The zero-order valence-electron chi connectivity index (χ0n) is 10.1. The molecule has 0 aliphatic carbocycles. The van der Waals surface area contributed by atoms with Gasteiger partial charge < -0.3 is 5.73 Å². The molecule has 0 radical (unpaired) electrons. The van der Waals surface area contributed by atoms with Gasteiger partial charge in [0.1, 0.15) is 0 Å². The molecule has 4 nitrogen and oxygen atoms in total. The van der Waals surface area contributed by atoms with E-state index in [0.717, 1.165) is 18.8 Å². The largest absolute Gasteiger partial charge is 0.375 e. The highest BCUT2D eigenvalue weighted by Gasteiger charge is 2.27. The molecule has 0 bridgehead atoms. The molecule has 1 saturated heterocycles. The fourth-order valence-corrected chi connectivity index (χ4v) is 3.14. The van der Waals surface area contributed by atoms with Gasteiger partial charge in [0.2, 0.25) is 0 Å². The summed E-state index contributed by atoms with van der Waals surface area (Å²) in [7, 11) is 0. The van der Waals surface area contributed by atoms with Crippen molar-refractivity contribution in [2.75, 3.05) is 12.3 Å². The van der Waals surface area contributed by atoms with Gasteiger partial charge in [0, 0.05) is 24.3 Å². The molecule has 94 valence electrons. The van der Waals surface area contributed by atoms with Crippen LogP contribution >= 0.6 is 11.3 Å². The van der Waals surface area contributed by atoms with Crippen LogP contribution in [0.4, 0.5) is 5.13 Å². The maximum absolute atomic E-state index is 5.72. The number of aromatic nitrogens is 2. The Morgan fingerprint density at radius 1 is 1.39 bits per heavy atom. The molecule has 1 atom stereocenters. The lowest BCUT2D eigenvalue weighted by Crippen LogP contribution is -2.23. The first-order valence-electron chi connectivity index (χ1n) is 6.17. The molecular formula is C13H16N4S. The number of nitrogen functional groups attached to an aromatic ring is 1. The number of hydrogen-bond acceptors (Lipinski definition) is 5. The summed E-state index contributed by atoms with van der Waals surface area (Å²) < 4.78 is 0. The van der Waals surface area contributed by atoms with Crippen molar-refractivity contribution in [3.63, 3.8) is 0 Å². The Balaban J connectivity index is 1.75. The van der Waals surface area contributed by atoms with E-state index in [4.69, 9.17) is 5.73 Å². The third-order valence-corrected chi connectivity index (χ3v) is 4.07. The van der Waals surface area contributed by atoms with Gasteiger partial charge in [-0.05, 0) is 37.1 Å². The van der Waals surface area contributed by atoms with Gasteiger partial charge in [-0.15, -0.1) is 11.3 Å². The Kier molecular flexibility index (Phi) is 3.25. The van der Waals surface area contributed by atoms with E-state index >= 15 is 0 Å². The Labute approximate surface area is 110 Å². The van der Waals surface area contributed by atoms with Gasteiger partial charge in [-0.3, -0.25) is 9.88 Å². The molecule has 0 aromatic carbocycles. The van der Waals surface area contributed by atoms with E-state index in [1.807, 2.05) is 12.4 Å². The summed E-state index contributed by atoms with van der Waals surface area (Å²) in [6.45, 7) is 2.09. The van der Waals surface area contributed by atoms with E-state index in [0.29, 0.717) is 11.2 Å². The Morgan fingerprint density at radius 3 is 2.94 bits per heavy atom. The molecule has 0 unspecified atom stereocenters. The van der Waals surface area contributed by atoms with Gasteiger partial charge in [-0.1, -0.05) is 0 Å². The Bertz CT molecular complexity index is 511. The zero-order valence-corrected chi connectivity index (χ0v) is 10.9. The summed E-state index contributed by atoms with van der Waals surface area (Å²) >= 11 is 1.53. The summed E-state index contributed by atoms with van der Waals surface area (Å²) in [4.78, 5) is 11.0. The van der Waals surface area contributed by atoms with Crippen molar-refractivity contribution in [2.24, 2.45) is 0 Å². The van der Waals surface area contributed by atoms with Crippen molar-refractivity contribution in [3.05, 3.63) is 41.2 Å². The summed E-state index contributed by atoms with van der Waals surface area (Å²) in [6.07, 6.45) is 6.10. The van der Waals surface area contributed by atoms with Crippen LogP contribution in [0, 0.1) is 0 Å². The minimum atomic E-state index is 0.423. The number of nitrogens with two attached hydrogens (primary N) is 1.